The number of amides is 1. The molecule has 0 saturated carbocycles. The Balaban J connectivity index is 1.62. The molecule has 6 nitrogen and oxygen atoms in total. The van der Waals surface area contributed by atoms with E-state index in [0.29, 0.717) is 26.1 Å². The average Bonchev–Trinajstić information content (AvgIpc) is 2.53. The molecule has 0 spiro atoms. The number of hydrogen-bond acceptors (Lipinski definition) is 4. The summed E-state index contributed by atoms with van der Waals surface area (Å²) in [5, 5.41) is 11.8. The fraction of sp³-hybridized carbons (Fsp3) is 0.500. The van der Waals surface area contributed by atoms with Crippen LogP contribution in [0.2, 0.25) is 0 Å². The Kier molecular flexibility index (Phi) is 6.21. The number of carbonyl (C=O) groups excluding carboxylic acids is 1. The molecule has 2 rings (SSSR count). The Morgan fingerprint density at radius 2 is 2.09 bits per heavy atom. The Bertz CT molecular complexity index is 492. The van der Waals surface area contributed by atoms with Crippen molar-refractivity contribution in [2.45, 2.75) is 12.8 Å². The van der Waals surface area contributed by atoms with Crippen LogP contribution in [0.25, 0.3) is 0 Å². The van der Waals surface area contributed by atoms with Crippen LogP contribution in [0.4, 0.5) is 0 Å². The van der Waals surface area contributed by atoms with Crippen molar-refractivity contribution >= 4 is 11.9 Å². The van der Waals surface area contributed by atoms with Crippen LogP contribution in [-0.4, -0.2) is 54.7 Å². The van der Waals surface area contributed by atoms with Gasteiger partial charge in [0.25, 0.3) is 0 Å². The lowest BCUT2D eigenvalue weighted by atomic mass is 9.98. The summed E-state index contributed by atoms with van der Waals surface area (Å²) in [6, 6.07) is 9.42. The molecular weight excluding hydrogens is 284 g/mol. The summed E-state index contributed by atoms with van der Waals surface area (Å²) in [6.45, 7) is 2.31. The zero-order valence-electron chi connectivity index (χ0n) is 12.5. The fourth-order valence-electron chi connectivity index (χ4n) is 2.54. The minimum absolute atomic E-state index is 0.0947. The molecule has 0 unspecified atom stereocenters. The summed E-state index contributed by atoms with van der Waals surface area (Å²) in [7, 11) is 0. The van der Waals surface area contributed by atoms with Crippen LogP contribution in [0.15, 0.2) is 30.3 Å². The Hall–Kier alpha value is -2.08. The molecule has 120 valence electrons. The van der Waals surface area contributed by atoms with Crippen LogP contribution in [-0.2, 0) is 9.59 Å². The van der Waals surface area contributed by atoms with Gasteiger partial charge in [-0.1, -0.05) is 18.2 Å². The summed E-state index contributed by atoms with van der Waals surface area (Å²) >= 11 is 0. The fourth-order valence-corrected chi connectivity index (χ4v) is 2.54. The molecule has 1 atom stereocenters. The first-order valence-electron chi connectivity index (χ1n) is 7.55. The molecular formula is C16H22N2O4. The van der Waals surface area contributed by atoms with Gasteiger partial charge in [0.2, 0.25) is 5.91 Å². The molecule has 1 aliphatic heterocycles. The van der Waals surface area contributed by atoms with E-state index in [1.54, 1.807) is 0 Å². The van der Waals surface area contributed by atoms with Crippen molar-refractivity contribution in [1.82, 2.24) is 10.2 Å². The largest absolute Gasteiger partial charge is 0.492 e. The predicted molar refractivity (Wildman–Crippen MR) is 81.7 cm³/mol. The molecule has 1 aromatic rings. The van der Waals surface area contributed by atoms with Crippen molar-refractivity contribution in [2.75, 3.05) is 32.8 Å². The van der Waals surface area contributed by atoms with Crippen LogP contribution in [0, 0.1) is 5.92 Å². The van der Waals surface area contributed by atoms with Crippen LogP contribution in [0.3, 0.4) is 0 Å². The molecule has 6 heteroatoms. The van der Waals surface area contributed by atoms with Gasteiger partial charge >= 0.3 is 5.97 Å². The third kappa shape index (κ3) is 5.37. The van der Waals surface area contributed by atoms with Gasteiger partial charge in [0.15, 0.2) is 0 Å². The quantitative estimate of drug-likeness (QED) is 0.734. The number of aliphatic carboxylic acids is 1. The maximum absolute atomic E-state index is 11.8. The molecule has 1 saturated heterocycles. The SMILES string of the molecule is O=C(CN1CCC[C@H](C(=O)O)C1)NCCOc1ccccc1. The molecule has 0 aliphatic carbocycles. The molecule has 1 amide bonds. The topological polar surface area (TPSA) is 78.9 Å². The number of carboxylic acid groups (broad SMARTS) is 1. The van der Waals surface area contributed by atoms with Gasteiger partial charge in [-0.15, -0.1) is 0 Å². The second-order valence-corrected chi connectivity index (χ2v) is 5.42. The molecule has 1 fully saturated rings. The highest BCUT2D eigenvalue weighted by Gasteiger charge is 2.26. The Labute approximate surface area is 130 Å². The first-order chi connectivity index (χ1) is 10.6. The summed E-state index contributed by atoms with van der Waals surface area (Å²) in [5.41, 5.74) is 0. The summed E-state index contributed by atoms with van der Waals surface area (Å²) in [4.78, 5) is 24.7. The zero-order chi connectivity index (χ0) is 15.8. The molecule has 0 bridgehead atoms. The molecule has 2 N–H and O–H groups in total. The molecule has 0 radical (unpaired) electrons. The highest BCUT2D eigenvalue weighted by atomic mass is 16.5. The number of benzene rings is 1. The number of nitrogens with zero attached hydrogens (tertiary/aromatic N) is 1. The Morgan fingerprint density at radius 3 is 2.82 bits per heavy atom. The summed E-state index contributed by atoms with van der Waals surface area (Å²) in [6.07, 6.45) is 1.51. The van der Waals surface area contributed by atoms with Crippen molar-refractivity contribution in [3.05, 3.63) is 30.3 Å². The van der Waals surface area contributed by atoms with E-state index in [0.717, 1.165) is 18.7 Å². The van der Waals surface area contributed by atoms with Crippen molar-refractivity contribution in [2.24, 2.45) is 5.92 Å². The third-order valence-electron chi connectivity index (χ3n) is 3.66. The van der Waals surface area contributed by atoms with Gasteiger partial charge in [0.1, 0.15) is 12.4 Å². The lowest BCUT2D eigenvalue weighted by Gasteiger charge is -2.29. The van der Waals surface area contributed by atoms with E-state index in [2.05, 4.69) is 5.32 Å². The molecule has 1 heterocycles. The van der Waals surface area contributed by atoms with Crippen LogP contribution in [0.5, 0.6) is 5.75 Å². The van der Waals surface area contributed by atoms with Crippen molar-refractivity contribution < 1.29 is 19.4 Å². The van der Waals surface area contributed by atoms with Crippen molar-refractivity contribution in [3.8, 4) is 5.75 Å². The van der Waals surface area contributed by atoms with E-state index in [9.17, 15) is 9.59 Å². The number of hydrogen-bond donors (Lipinski definition) is 2. The van der Waals surface area contributed by atoms with E-state index >= 15 is 0 Å². The van der Waals surface area contributed by atoms with Gasteiger partial charge in [-0.2, -0.15) is 0 Å². The van der Waals surface area contributed by atoms with E-state index in [1.165, 1.54) is 0 Å². The monoisotopic (exact) mass is 306 g/mol. The number of ether oxygens (including phenoxy) is 1. The minimum Gasteiger partial charge on any atom is -0.492 e. The summed E-state index contributed by atoms with van der Waals surface area (Å²) < 4.78 is 5.49. The number of nitrogens with one attached hydrogen (secondary N) is 1. The lowest BCUT2D eigenvalue weighted by Crippen LogP contribution is -2.44. The number of carbonyl (C=O) groups is 2. The van der Waals surface area contributed by atoms with Crippen LogP contribution < -0.4 is 10.1 Å². The number of piperidine rings is 1. The van der Waals surface area contributed by atoms with Gasteiger partial charge < -0.3 is 15.2 Å². The Morgan fingerprint density at radius 1 is 1.32 bits per heavy atom. The van der Waals surface area contributed by atoms with Crippen molar-refractivity contribution in [1.29, 1.82) is 0 Å². The van der Waals surface area contributed by atoms with Crippen LogP contribution in [0.1, 0.15) is 12.8 Å². The van der Waals surface area contributed by atoms with Gasteiger partial charge in [-0.3, -0.25) is 14.5 Å². The zero-order valence-corrected chi connectivity index (χ0v) is 12.5. The van der Waals surface area contributed by atoms with E-state index < -0.39 is 5.97 Å². The summed E-state index contributed by atoms with van der Waals surface area (Å²) in [5.74, 6) is -0.455. The first kappa shape index (κ1) is 16.3. The maximum Gasteiger partial charge on any atom is 0.307 e. The second kappa shape index (κ2) is 8.38. The average molecular weight is 306 g/mol. The van der Waals surface area contributed by atoms with Gasteiger partial charge in [0, 0.05) is 6.54 Å². The standard InChI is InChI=1S/C16H22N2O4/c19-15(12-18-9-4-5-13(11-18)16(20)21)17-8-10-22-14-6-2-1-3-7-14/h1-3,6-7,13H,4-5,8-12H2,(H,17,19)(H,20,21)/t13-/m0/s1. The van der Waals surface area contributed by atoms with Crippen LogP contribution >= 0.6 is 0 Å². The first-order valence-corrected chi connectivity index (χ1v) is 7.55. The molecule has 22 heavy (non-hydrogen) atoms. The van der Waals surface area contributed by atoms with E-state index in [-0.39, 0.29) is 18.4 Å². The van der Waals surface area contributed by atoms with Crippen molar-refractivity contribution in [3.63, 3.8) is 0 Å². The normalized spacial score (nSPS) is 18.6. The smallest absolute Gasteiger partial charge is 0.307 e. The van der Waals surface area contributed by atoms with Gasteiger partial charge in [0.05, 0.1) is 19.0 Å². The van der Waals surface area contributed by atoms with E-state index in [1.807, 2.05) is 35.2 Å². The number of para-hydroxylation sites is 1. The molecule has 1 aliphatic rings. The second-order valence-electron chi connectivity index (χ2n) is 5.42. The lowest BCUT2D eigenvalue weighted by molar-refractivity contribution is -0.144. The third-order valence-corrected chi connectivity index (χ3v) is 3.66. The highest BCUT2D eigenvalue weighted by molar-refractivity contribution is 5.78. The predicted octanol–water partition coefficient (Wildman–Crippen LogP) is 0.978. The van der Waals surface area contributed by atoms with Gasteiger partial charge in [-0.05, 0) is 31.5 Å². The number of carboxylic acids is 1. The molecule has 0 aromatic heterocycles. The highest BCUT2D eigenvalue weighted by Crippen LogP contribution is 2.16. The number of likely N-dealkylation sites (tertiary alicyclic amines) is 1. The number of rotatable bonds is 7. The maximum atomic E-state index is 11.8. The minimum atomic E-state index is -0.777. The molecule has 1 aromatic carbocycles. The van der Waals surface area contributed by atoms with Gasteiger partial charge in [-0.25, -0.2) is 0 Å². The van der Waals surface area contributed by atoms with E-state index in [4.69, 9.17) is 9.84 Å².